The predicted molar refractivity (Wildman–Crippen MR) is 64.1 cm³/mol. The Hall–Kier alpha value is -0.240. The van der Waals surface area contributed by atoms with Crippen molar-refractivity contribution in [2.75, 3.05) is 5.88 Å². The predicted octanol–water partition coefficient (Wildman–Crippen LogP) is 3.09. The Labute approximate surface area is 97.8 Å². The fraction of sp³-hybridized carbons (Fsp3) is 0.917. The molecule has 0 spiro atoms. The standard InChI is InChI=1S/C12H22ClNO/c1-10(9-13)14-12(15)11-7-5-3-2-4-6-8-11/h10-11H,2-9H2,1H3,(H,14,15). The first-order valence-electron chi connectivity index (χ1n) is 6.10. The van der Waals surface area contributed by atoms with Gasteiger partial charge in [0.2, 0.25) is 5.91 Å². The third-order valence-electron chi connectivity index (χ3n) is 3.10. The molecule has 0 saturated heterocycles. The molecular formula is C12H22ClNO. The maximum Gasteiger partial charge on any atom is 0.223 e. The van der Waals surface area contributed by atoms with E-state index in [0.717, 1.165) is 12.8 Å². The Morgan fingerprint density at radius 1 is 1.27 bits per heavy atom. The van der Waals surface area contributed by atoms with Crippen LogP contribution in [0, 0.1) is 5.92 Å². The van der Waals surface area contributed by atoms with Gasteiger partial charge in [-0.2, -0.15) is 0 Å². The van der Waals surface area contributed by atoms with Crippen molar-refractivity contribution in [3.63, 3.8) is 0 Å². The van der Waals surface area contributed by atoms with Gasteiger partial charge in [-0.3, -0.25) is 4.79 Å². The Bertz CT molecular complexity index is 188. The molecule has 88 valence electrons. The van der Waals surface area contributed by atoms with Crippen LogP contribution in [0.25, 0.3) is 0 Å². The minimum atomic E-state index is 0.101. The van der Waals surface area contributed by atoms with Gasteiger partial charge in [0.15, 0.2) is 0 Å². The van der Waals surface area contributed by atoms with E-state index in [-0.39, 0.29) is 17.9 Å². The molecule has 1 fully saturated rings. The van der Waals surface area contributed by atoms with Crippen molar-refractivity contribution in [3.8, 4) is 0 Å². The second-order valence-corrected chi connectivity index (χ2v) is 4.91. The molecule has 2 nitrogen and oxygen atoms in total. The third-order valence-corrected chi connectivity index (χ3v) is 3.56. The number of nitrogens with one attached hydrogen (secondary N) is 1. The minimum absolute atomic E-state index is 0.101. The van der Waals surface area contributed by atoms with E-state index in [1.807, 2.05) is 6.92 Å². The number of alkyl halides is 1. The van der Waals surface area contributed by atoms with Gasteiger partial charge < -0.3 is 5.32 Å². The number of rotatable bonds is 3. The van der Waals surface area contributed by atoms with Crippen LogP contribution < -0.4 is 5.32 Å². The summed E-state index contributed by atoms with van der Waals surface area (Å²) in [6.45, 7) is 1.95. The topological polar surface area (TPSA) is 29.1 Å². The van der Waals surface area contributed by atoms with E-state index in [1.54, 1.807) is 0 Å². The van der Waals surface area contributed by atoms with Crippen molar-refractivity contribution in [1.82, 2.24) is 5.32 Å². The smallest absolute Gasteiger partial charge is 0.223 e. The molecule has 1 saturated carbocycles. The molecule has 0 aliphatic heterocycles. The zero-order valence-electron chi connectivity index (χ0n) is 9.60. The molecule has 0 radical (unpaired) electrons. The van der Waals surface area contributed by atoms with Gasteiger partial charge in [0.1, 0.15) is 0 Å². The van der Waals surface area contributed by atoms with Crippen molar-refractivity contribution >= 4 is 17.5 Å². The molecule has 1 atom stereocenters. The molecule has 0 aromatic rings. The molecule has 1 aliphatic rings. The van der Waals surface area contributed by atoms with Crippen LogP contribution in [-0.2, 0) is 4.79 Å². The Morgan fingerprint density at radius 3 is 2.33 bits per heavy atom. The van der Waals surface area contributed by atoms with Crippen LogP contribution in [0.5, 0.6) is 0 Å². The highest BCUT2D eigenvalue weighted by molar-refractivity contribution is 6.18. The lowest BCUT2D eigenvalue weighted by atomic mass is 9.90. The first-order valence-corrected chi connectivity index (χ1v) is 6.64. The van der Waals surface area contributed by atoms with E-state index in [2.05, 4.69) is 5.32 Å². The van der Waals surface area contributed by atoms with Gasteiger partial charge in [0.05, 0.1) is 0 Å². The van der Waals surface area contributed by atoms with E-state index in [4.69, 9.17) is 11.6 Å². The van der Waals surface area contributed by atoms with Gasteiger partial charge in [-0.1, -0.05) is 32.1 Å². The number of hydrogen-bond acceptors (Lipinski definition) is 1. The van der Waals surface area contributed by atoms with Crippen LogP contribution in [0.1, 0.15) is 51.9 Å². The van der Waals surface area contributed by atoms with Crippen LogP contribution in [0.3, 0.4) is 0 Å². The number of carbonyl (C=O) groups excluding carboxylic acids is 1. The first-order chi connectivity index (χ1) is 7.24. The number of amides is 1. The van der Waals surface area contributed by atoms with Crippen molar-refractivity contribution in [3.05, 3.63) is 0 Å². The molecule has 0 aromatic carbocycles. The lowest BCUT2D eigenvalue weighted by Crippen LogP contribution is -2.38. The van der Waals surface area contributed by atoms with Crippen LogP contribution in [0.4, 0.5) is 0 Å². The van der Waals surface area contributed by atoms with E-state index in [1.165, 1.54) is 32.1 Å². The zero-order chi connectivity index (χ0) is 11.1. The lowest BCUT2D eigenvalue weighted by molar-refractivity contribution is -0.126. The quantitative estimate of drug-likeness (QED) is 0.744. The number of hydrogen-bond donors (Lipinski definition) is 1. The van der Waals surface area contributed by atoms with Crippen LogP contribution in [0.15, 0.2) is 0 Å². The van der Waals surface area contributed by atoms with Gasteiger partial charge in [-0.25, -0.2) is 0 Å². The van der Waals surface area contributed by atoms with Gasteiger partial charge in [0, 0.05) is 17.8 Å². The fourth-order valence-corrected chi connectivity index (χ4v) is 2.19. The average Bonchev–Trinajstić information content (AvgIpc) is 2.16. The van der Waals surface area contributed by atoms with E-state index in [0.29, 0.717) is 5.88 Å². The Balaban J connectivity index is 2.34. The van der Waals surface area contributed by atoms with Gasteiger partial charge in [0.25, 0.3) is 0 Å². The van der Waals surface area contributed by atoms with Crippen molar-refractivity contribution < 1.29 is 4.79 Å². The van der Waals surface area contributed by atoms with Crippen LogP contribution in [0.2, 0.25) is 0 Å². The highest BCUT2D eigenvalue weighted by Gasteiger charge is 2.20. The highest BCUT2D eigenvalue weighted by Crippen LogP contribution is 2.22. The van der Waals surface area contributed by atoms with Gasteiger partial charge in [-0.05, 0) is 19.8 Å². The summed E-state index contributed by atoms with van der Waals surface area (Å²) < 4.78 is 0. The summed E-state index contributed by atoms with van der Waals surface area (Å²) in [7, 11) is 0. The molecule has 1 N–H and O–H groups in total. The Morgan fingerprint density at radius 2 is 1.80 bits per heavy atom. The van der Waals surface area contributed by atoms with Gasteiger partial charge >= 0.3 is 0 Å². The summed E-state index contributed by atoms with van der Waals surface area (Å²) in [6.07, 6.45) is 8.43. The van der Waals surface area contributed by atoms with E-state index < -0.39 is 0 Å². The molecule has 0 heterocycles. The van der Waals surface area contributed by atoms with Gasteiger partial charge in [-0.15, -0.1) is 11.6 Å². The van der Waals surface area contributed by atoms with E-state index in [9.17, 15) is 4.79 Å². The highest BCUT2D eigenvalue weighted by atomic mass is 35.5. The largest absolute Gasteiger partial charge is 0.352 e. The SMILES string of the molecule is CC(CCl)NC(=O)C1CCCCCCC1. The fourth-order valence-electron chi connectivity index (χ4n) is 2.12. The molecular weight excluding hydrogens is 210 g/mol. The summed E-state index contributed by atoms with van der Waals surface area (Å²) in [4.78, 5) is 11.9. The van der Waals surface area contributed by atoms with Crippen LogP contribution >= 0.6 is 11.6 Å². The van der Waals surface area contributed by atoms with Crippen molar-refractivity contribution in [1.29, 1.82) is 0 Å². The summed E-state index contributed by atoms with van der Waals surface area (Å²) in [5, 5.41) is 2.98. The third kappa shape index (κ3) is 4.87. The molecule has 1 rings (SSSR count). The average molecular weight is 232 g/mol. The number of halogens is 1. The summed E-state index contributed by atoms with van der Waals surface area (Å²) in [6, 6.07) is 0.101. The maximum atomic E-state index is 11.9. The Kier molecular flexibility index (Phi) is 6.07. The molecule has 1 aliphatic carbocycles. The summed E-state index contributed by atoms with van der Waals surface area (Å²) in [5.41, 5.74) is 0. The lowest BCUT2D eigenvalue weighted by Gasteiger charge is -2.20. The molecule has 0 aromatic heterocycles. The second kappa shape index (κ2) is 7.10. The van der Waals surface area contributed by atoms with Crippen molar-refractivity contribution in [2.45, 2.75) is 57.9 Å². The summed E-state index contributed by atoms with van der Waals surface area (Å²) in [5.74, 6) is 0.944. The normalized spacial score (nSPS) is 21.5. The second-order valence-electron chi connectivity index (χ2n) is 4.61. The monoisotopic (exact) mass is 231 g/mol. The molecule has 1 amide bonds. The van der Waals surface area contributed by atoms with E-state index >= 15 is 0 Å². The zero-order valence-corrected chi connectivity index (χ0v) is 10.4. The maximum absolute atomic E-state index is 11.9. The first kappa shape index (κ1) is 12.8. The molecule has 15 heavy (non-hydrogen) atoms. The molecule has 0 bridgehead atoms. The minimum Gasteiger partial charge on any atom is -0.352 e. The van der Waals surface area contributed by atoms with Crippen molar-refractivity contribution in [2.24, 2.45) is 5.92 Å². The molecule has 1 unspecified atom stereocenters. The van der Waals surface area contributed by atoms with Crippen LogP contribution in [-0.4, -0.2) is 17.8 Å². The summed E-state index contributed by atoms with van der Waals surface area (Å²) >= 11 is 5.68. The number of carbonyl (C=O) groups is 1. The molecule has 3 heteroatoms.